The van der Waals surface area contributed by atoms with E-state index in [1.807, 2.05) is 12.1 Å². The molecule has 1 aromatic carbocycles. The summed E-state index contributed by atoms with van der Waals surface area (Å²) in [4.78, 5) is 11.3. The van der Waals surface area contributed by atoms with Crippen LogP contribution in [0.5, 0.6) is 0 Å². The molecule has 0 heterocycles. The summed E-state index contributed by atoms with van der Waals surface area (Å²) < 4.78 is 0. The molecule has 0 saturated heterocycles. The van der Waals surface area contributed by atoms with E-state index in [1.54, 1.807) is 6.07 Å². The molecule has 1 atom stereocenters. The van der Waals surface area contributed by atoms with Crippen molar-refractivity contribution in [1.29, 1.82) is 0 Å². The summed E-state index contributed by atoms with van der Waals surface area (Å²) in [5, 5.41) is 3.42. The van der Waals surface area contributed by atoms with Gasteiger partial charge in [0.15, 0.2) is 5.78 Å². The molecule has 0 amide bonds. The molecule has 0 aliphatic carbocycles. The van der Waals surface area contributed by atoms with Crippen LogP contribution in [0.4, 0.5) is 11.4 Å². The Bertz CT molecular complexity index is 401. The van der Waals surface area contributed by atoms with Gasteiger partial charge in [-0.2, -0.15) is 0 Å². The van der Waals surface area contributed by atoms with E-state index in [-0.39, 0.29) is 5.78 Å². The van der Waals surface area contributed by atoms with Crippen molar-refractivity contribution in [3.05, 3.63) is 23.8 Å². The smallest absolute Gasteiger partial charge is 0.161 e. The molecule has 0 aliphatic rings. The zero-order valence-electron chi connectivity index (χ0n) is 11.6. The standard InChI is InChI=1S/C15H24N2O/c1-4-5-6-7-11(2)17-13-8-9-14(12(3)18)15(16)10-13/h8-11,17H,4-7,16H2,1-3H3. The van der Waals surface area contributed by atoms with Crippen molar-refractivity contribution < 1.29 is 4.79 Å². The lowest BCUT2D eigenvalue weighted by Gasteiger charge is -2.16. The Morgan fingerprint density at radius 1 is 1.39 bits per heavy atom. The van der Waals surface area contributed by atoms with Crippen LogP contribution >= 0.6 is 0 Å². The molecule has 1 rings (SSSR count). The number of nitrogens with one attached hydrogen (secondary N) is 1. The first kappa shape index (κ1) is 14.6. The normalized spacial score (nSPS) is 12.2. The lowest BCUT2D eigenvalue weighted by molar-refractivity contribution is 0.101. The first-order valence-electron chi connectivity index (χ1n) is 6.71. The van der Waals surface area contributed by atoms with Gasteiger partial charge < -0.3 is 11.1 Å². The van der Waals surface area contributed by atoms with Crippen LogP contribution < -0.4 is 11.1 Å². The van der Waals surface area contributed by atoms with E-state index in [0.717, 1.165) is 12.1 Å². The van der Waals surface area contributed by atoms with E-state index in [9.17, 15) is 4.79 Å². The van der Waals surface area contributed by atoms with Crippen molar-refractivity contribution in [3.63, 3.8) is 0 Å². The summed E-state index contributed by atoms with van der Waals surface area (Å²) in [6, 6.07) is 5.98. The fraction of sp³-hybridized carbons (Fsp3) is 0.533. The minimum Gasteiger partial charge on any atom is -0.398 e. The van der Waals surface area contributed by atoms with Crippen LogP contribution in [-0.2, 0) is 0 Å². The van der Waals surface area contributed by atoms with Gasteiger partial charge in [0.1, 0.15) is 0 Å². The Hall–Kier alpha value is -1.51. The van der Waals surface area contributed by atoms with Crippen molar-refractivity contribution in [3.8, 4) is 0 Å². The predicted octanol–water partition coefficient (Wildman–Crippen LogP) is 3.85. The number of ketones is 1. The van der Waals surface area contributed by atoms with Gasteiger partial charge in [0, 0.05) is 23.0 Å². The Kier molecular flexibility index (Phi) is 5.69. The van der Waals surface area contributed by atoms with Crippen LogP contribution in [0.2, 0.25) is 0 Å². The van der Waals surface area contributed by atoms with Crippen LogP contribution in [0.25, 0.3) is 0 Å². The van der Waals surface area contributed by atoms with Crippen molar-refractivity contribution >= 4 is 17.2 Å². The average molecular weight is 248 g/mol. The fourth-order valence-corrected chi connectivity index (χ4v) is 2.03. The highest BCUT2D eigenvalue weighted by atomic mass is 16.1. The van der Waals surface area contributed by atoms with Crippen LogP contribution in [0, 0.1) is 0 Å². The number of benzene rings is 1. The number of unbranched alkanes of at least 4 members (excludes halogenated alkanes) is 2. The van der Waals surface area contributed by atoms with Crippen molar-refractivity contribution in [1.82, 2.24) is 0 Å². The number of carbonyl (C=O) groups excluding carboxylic acids is 1. The first-order valence-corrected chi connectivity index (χ1v) is 6.71. The number of carbonyl (C=O) groups is 1. The first-order chi connectivity index (χ1) is 8.54. The lowest BCUT2D eigenvalue weighted by Crippen LogP contribution is -2.15. The summed E-state index contributed by atoms with van der Waals surface area (Å²) >= 11 is 0. The lowest BCUT2D eigenvalue weighted by atomic mass is 10.1. The van der Waals surface area contributed by atoms with Gasteiger partial charge in [-0.1, -0.05) is 26.2 Å². The molecule has 0 spiro atoms. The van der Waals surface area contributed by atoms with Gasteiger partial charge in [0.05, 0.1) is 0 Å². The molecule has 0 aromatic heterocycles. The number of hydrogen-bond acceptors (Lipinski definition) is 3. The van der Waals surface area contributed by atoms with Crippen molar-refractivity contribution in [2.45, 2.75) is 52.5 Å². The summed E-state index contributed by atoms with van der Waals surface area (Å²) in [7, 11) is 0. The quantitative estimate of drug-likeness (QED) is 0.438. The van der Waals surface area contributed by atoms with Crippen molar-refractivity contribution in [2.75, 3.05) is 11.1 Å². The zero-order valence-corrected chi connectivity index (χ0v) is 11.6. The number of hydrogen-bond donors (Lipinski definition) is 2. The summed E-state index contributed by atoms with van der Waals surface area (Å²) in [5.74, 6) is 0.00930. The van der Waals surface area contributed by atoms with Crippen LogP contribution in [0.3, 0.4) is 0 Å². The number of nitrogen functional groups attached to an aromatic ring is 1. The third kappa shape index (κ3) is 4.40. The second-order valence-corrected chi connectivity index (χ2v) is 4.90. The van der Waals surface area contributed by atoms with Gasteiger partial charge in [0.25, 0.3) is 0 Å². The Morgan fingerprint density at radius 3 is 2.67 bits per heavy atom. The maximum atomic E-state index is 11.3. The zero-order chi connectivity index (χ0) is 13.5. The molecule has 3 nitrogen and oxygen atoms in total. The molecule has 0 radical (unpaired) electrons. The molecular formula is C15H24N2O. The summed E-state index contributed by atoms with van der Waals surface area (Å²) in [6.45, 7) is 5.91. The largest absolute Gasteiger partial charge is 0.398 e. The molecule has 3 heteroatoms. The molecule has 3 N–H and O–H groups in total. The van der Waals surface area contributed by atoms with Crippen LogP contribution in [0.1, 0.15) is 56.8 Å². The maximum Gasteiger partial charge on any atom is 0.161 e. The highest BCUT2D eigenvalue weighted by Gasteiger charge is 2.07. The van der Waals surface area contributed by atoms with Crippen LogP contribution in [-0.4, -0.2) is 11.8 Å². The van der Waals surface area contributed by atoms with Crippen LogP contribution in [0.15, 0.2) is 18.2 Å². The van der Waals surface area contributed by atoms with E-state index in [4.69, 9.17) is 5.73 Å². The fourth-order valence-electron chi connectivity index (χ4n) is 2.03. The molecule has 18 heavy (non-hydrogen) atoms. The number of anilines is 2. The Labute approximate surface area is 110 Å². The van der Waals surface area contributed by atoms with E-state index >= 15 is 0 Å². The SMILES string of the molecule is CCCCCC(C)Nc1ccc(C(C)=O)c(N)c1. The second-order valence-electron chi connectivity index (χ2n) is 4.90. The molecule has 1 aromatic rings. The predicted molar refractivity (Wildman–Crippen MR) is 78.1 cm³/mol. The Balaban J connectivity index is 2.57. The average Bonchev–Trinajstić information content (AvgIpc) is 2.28. The topological polar surface area (TPSA) is 55.1 Å². The minimum absolute atomic E-state index is 0.00930. The van der Waals surface area contributed by atoms with Crippen molar-refractivity contribution in [2.24, 2.45) is 0 Å². The molecule has 1 unspecified atom stereocenters. The number of Topliss-reactive ketones (excluding diaryl/α,β-unsaturated/α-hetero) is 1. The van der Waals surface area contributed by atoms with E-state index < -0.39 is 0 Å². The van der Waals surface area contributed by atoms with Gasteiger partial charge in [-0.15, -0.1) is 0 Å². The Morgan fingerprint density at radius 2 is 2.11 bits per heavy atom. The van der Waals surface area contributed by atoms with Gasteiger partial charge in [0.2, 0.25) is 0 Å². The third-order valence-electron chi connectivity index (χ3n) is 3.08. The second kappa shape index (κ2) is 7.04. The molecule has 100 valence electrons. The van der Waals surface area contributed by atoms with E-state index in [2.05, 4.69) is 19.2 Å². The van der Waals surface area contributed by atoms with E-state index in [0.29, 0.717) is 17.3 Å². The number of nitrogens with two attached hydrogens (primary N) is 1. The van der Waals surface area contributed by atoms with E-state index in [1.165, 1.54) is 26.2 Å². The maximum absolute atomic E-state index is 11.3. The summed E-state index contributed by atoms with van der Waals surface area (Å²) in [6.07, 6.45) is 4.91. The van der Waals surface area contributed by atoms with Gasteiger partial charge in [-0.05, 0) is 38.5 Å². The third-order valence-corrected chi connectivity index (χ3v) is 3.08. The molecular weight excluding hydrogens is 224 g/mol. The molecule has 0 fully saturated rings. The number of rotatable bonds is 7. The molecule has 0 saturated carbocycles. The monoisotopic (exact) mass is 248 g/mol. The highest BCUT2D eigenvalue weighted by Crippen LogP contribution is 2.20. The highest BCUT2D eigenvalue weighted by molar-refractivity contribution is 5.99. The minimum atomic E-state index is 0.00930. The van der Waals surface area contributed by atoms with Gasteiger partial charge in [-0.3, -0.25) is 4.79 Å². The molecule has 0 bridgehead atoms. The van der Waals surface area contributed by atoms with Gasteiger partial charge >= 0.3 is 0 Å². The van der Waals surface area contributed by atoms with Gasteiger partial charge in [-0.25, -0.2) is 0 Å². The summed E-state index contributed by atoms with van der Waals surface area (Å²) in [5.41, 5.74) is 7.99. The molecule has 0 aliphatic heterocycles.